The van der Waals surface area contributed by atoms with Crippen LogP contribution in [0, 0.1) is 0 Å². The molecule has 0 spiro atoms. The van der Waals surface area contributed by atoms with Gasteiger partial charge in [-0.05, 0) is 13.3 Å². The third-order valence-electron chi connectivity index (χ3n) is 2.15. The van der Waals surface area contributed by atoms with Gasteiger partial charge in [-0.2, -0.15) is 26.3 Å². The highest BCUT2D eigenvalue weighted by Gasteiger charge is 2.65. The summed E-state index contributed by atoms with van der Waals surface area (Å²) in [4.78, 5) is 0. The van der Waals surface area contributed by atoms with Gasteiger partial charge < -0.3 is 5.73 Å². The second kappa shape index (κ2) is 4.99. The summed E-state index contributed by atoms with van der Waals surface area (Å²) in [5.74, 6) is 0. The van der Waals surface area contributed by atoms with E-state index in [0.717, 1.165) is 6.92 Å². The van der Waals surface area contributed by atoms with Crippen LogP contribution in [0.15, 0.2) is 0 Å². The highest BCUT2D eigenvalue weighted by molar-refractivity contribution is 8.04. The summed E-state index contributed by atoms with van der Waals surface area (Å²) in [5.41, 5.74) is -10.5. The van der Waals surface area contributed by atoms with E-state index < -0.39 is 46.9 Å². The van der Waals surface area contributed by atoms with Crippen molar-refractivity contribution in [2.45, 2.75) is 36.9 Å². The summed E-state index contributed by atoms with van der Waals surface area (Å²) in [7, 11) is -13.7. The molecular formula is C6H10F6N2O4S2. The minimum absolute atomic E-state index is 0.416. The summed E-state index contributed by atoms with van der Waals surface area (Å²) in [6, 6.07) is 0. The molecule has 0 bridgehead atoms. The van der Waals surface area contributed by atoms with E-state index >= 15 is 0 Å². The smallest absolute Gasteiger partial charge is 0.312 e. The Morgan fingerprint density at radius 2 is 1.15 bits per heavy atom. The molecule has 0 saturated heterocycles. The van der Waals surface area contributed by atoms with Crippen LogP contribution in [-0.2, 0) is 20.0 Å². The molecule has 0 aliphatic heterocycles. The molecule has 0 aliphatic carbocycles. The highest BCUT2D eigenvalue weighted by atomic mass is 32.3. The quantitative estimate of drug-likeness (QED) is 0.603. The number of hydrogen-bond acceptors (Lipinski definition) is 5. The number of alkyl halides is 6. The van der Waals surface area contributed by atoms with Gasteiger partial charge in [0.15, 0.2) is 0 Å². The summed E-state index contributed by atoms with van der Waals surface area (Å²) >= 11 is 0. The van der Waals surface area contributed by atoms with E-state index in [0.29, 0.717) is 6.92 Å². The Bertz CT molecular complexity index is 517. The van der Waals surface area contributed by atoms with Crippen LogP contribution in [0.1, 0.15) is 20.3 Å². The second-order valence-electron chi connectivity index (χ2n) is 3.81. The van der Waals surface area contributed by atoms with Crippen molar-refractivity contribution < 1.29 is 43.2 Å². The van der Waals surface area contributed by atoms with Crippen molar-refractivity contribution in [1.29, 1.82) is 0 Å². The zero-order valence-electron chi connectivity index (χ0n) is 9.95. The van der Waals surface area contributed by atoms with E-state index in [1.165, 1.54) is 0 Å². The average Bonchev–Trinajstić information content (AvgIpc) is 2.12. The molecule has 0 amide bonds. The fourth-order valence-corrected chi connectivity index (χ4v) is 4.27. The lowest BCUT2D eigenvalue weighted by Crippen LogP contribution is -2.63. The average molecular weight is 352 g/mol. The lowest BCUT2D eigenvalue weighted by atomic mass is 10.2. The van der Waals surface area contributed by atoms with Crippen LogP contribution in [0.4, 0.5) is 26.3 Å². The number of nitrogens with two attached hydrogens (primary N) is 1. The van der Waals surface area contributed by atoms with Crippen molar-refractivity contribution in [2.24, 2.45) is 5.73 Å². The lowest BCUT2D eigenvalue weighted by Gasteiger charge is -2.35. The standard InChI is InChI=1S/C6H10F6N2O4S2/c1-3-4(2,13)14(19(15,16)5(7,8)9)20(17,18)6(10,11)12/h3,13H2,1-2H3. The largest absolute Gasteiger partial charge is 0.512 e. The zero-order chi connectivity index (χ0) is 16.8. The topological polar surface area (TPSA) is 97.5 Å². The number of sulfonamides is 2. The molecule has 0 radical (unpaired) electrons. The zero-order valence-corrected chi connectivity index (χ0v) is 11.6. The molecule has 0 saturated carbocycles. The Balaban J connectivity index is 6.51. The Hall–Kier alpha value is -0.600. The molecule has 0 rings (SSSR count). The molecule has 0 aromatic heterocycles. The van der Waals surface area contributed by atoms with Gasteiger partial charge in [-0.1, -0.05) is 10.6 Å². The van der Waals surface area contributed by atoms with Gasteiger partial charge in [-0.15, -0.1) is 0 Å². The Labute approximate surface area is 110 Å². The van der Waals surface area contributed by atoms with Gasteiger partial charge in [0.1, 0.15) is 0 Å². The molecule has 14 heteroatoms. The lowest BCUT2D eigenvalue weighted by molar-refractivity contribution is -0.0567. The first-order chi connectivity index (χ1) is 8.43. The van der Waals surface area contributed by atoms with E-state index in [9.17, 15) is 43.2 Å². The van der Waals surface area contributed by atoms with Gasteiger partial charge in [0.05, 0.1) is 5.66 Å². The Morgan fingerprint density at radius 3 is 1.30 bits per heavy atom. The predicted molar refractivity (Wildman–Crippen MR) is 54.7 cm³/mol. The van der Waals surface area contributed by atoms with Crippen molar-refractivity contribution >= 4 is 20.0 Å². The maximum Gasteiger partial charge on any atom is 0.512 e. The normalized spacial score (nSPS) is 18.1. The van der Waals surface area contributed by atoms with Crippen LogP contribution >= 0.6 is 0 Å². The fourth-order valence-electron chi connectivity index (χ4n) is 0.995. The summed E-state index contributed by atoms with van der Waals surface area (Å²) < 4.78 is 117. The van der Waals surface area contributed by atoms with Gasteiger partial charge in [0, 0.05) is 0 Å². The van der Waals surface area contributed by atoms with E-state index in [-0.39, 0.29) is 0 Å². The van der Waals surface area contributed by atoms with Crippen LogP contribution in [0.25, 0.3) is 0 Å². The molecule has 122 valence electrons. The van der Waals surface area contributed by atoms with Crippen molar-refractivity contribution in [1.82, 2.24) is 3.71 Å². The molecule has 0 aromatic rings. The first-order valence-electron chi connectivity index (χ1n) is 4.65. The predicted octanol–water partition coefficient (Wildman–Crippen LogP) is 1.07. The monoisotopic (exact) mass is 352 g/mol. The van der Waals surface area contributed by atoms with Crippen LogP contribution in [0.3, 0.4) is 0 Å². The van der Waals surface area contributed by atoms with Gasteiger partial charge in [0.2, 0.25) is 0 Å². The van der Waals surface area contributed by atoms with E-state index in [1.807, 2.05) is 0 Å². The summed E-state index contributed by atoms with van der Waals surface area (Å²) in [5, 5.41) is 0. The van der Waals surface area contributed by atoms with Crippen LogP contribution < -0.4 is 5.73 Å². The second-order valence-corrected chi connectivity index (χ2v) is 7.60. The molecule has 0 heterocycles. The van der Waals surface area contributed by atoms with Gasteiger partial charge in [0.25, 0.3) is 0 Å². The Kier molecular flexibility index (Phi) is 4.84. The molecule has 0 fully saturated rings. The maximum atomic E-state index is 12.4. The van der Waals surface area contributed by atoms with Crippen LogP contribution in [0.5, 0.6) is 0 Å². The van der Waals surface area contributed by atoms with E-state index in [4.69, 9.17) is 5.73 Å². The minimum atomic E-state index is -6.85. The first kappa shape index (κ1) is 19.4. The first-order valence-corrected chi connectivity index (χ1v) is 7.53. The number of halogens is 6. The molecule has 20 heavy (non-hydrogen) atoms. The molecular weight excluding hydrogens is 342 g/mol. The van der Waals surface area contributed by atoms with Gasteiger partial charge >= 0.3 is 31.1 Å². The number of rotatable bonds is 4. The fraction of sp³-hybridized carbons (Fsp3) is 1.00. The van der Waals surface area contributed by atoms with E-state index in [2.05, 4.69) is 0 Å². The third kappa shape index (κ3) is 3.17. The molecule has 0 aromatic carbocycles. The summed E-state index contributed by atoms with van der Waals surface area (Å²) in [6.07, 6.45) is -0.822. The molecule has 1 atom stereocenters. The van der Waals surface area contributed by atoms with Gasteiger partial charge in [-0.25, -0.2) is 16.8 Å². The maximum absolute atomic E-state index is 12.4. The SMILES string of the molecule is CCC(C)(N)N(S(=O)(=O)C(F)(F)F)S(=O)(=O)C(F)(F)F. The Morgan fingerprint density at radius 1 is 0.900 bits per heavy atom. The molecule has 2 N–H and O–H groups in total. The van der Waals surface area contributed by atoms with Crippen molar-refractivity contribution in [3.63, 3.8) is 0 Å². The van der Waals surface area contributed by atoms with Gasteiger partial charge in [-0.3, -0.25) is 0 Å². The summed E-state index contributed by atoms with van der Waals surface area (Å²) in [6.45, 7) is 1.34. The van der Waals surface area contributed by atoms with Crippen molar-refractivity contribution in [2.75, 3.05) is 0 Å². The molecule has 0 aliphatic rings. The van der Waals surface area contributed by atoms with Crippen molar-refractivity contribution in [3.05, 3.63) is 0 Å². The van der Waals surface area contributed by atoms with E-state index in [1.54, 1.807) is 0 Å². The molecule has 1 unspecified atom stereocenters. The van der Waals surface area contributed by atoms with Crippen molar-refractivity contribution in [3.8, 4) is 0 Å². The van der Waals surface area contributed by atoms with Crippen LogP contribution in [-0.4, -0.2) is 37.2 Å². The number of hydrogen-bond donors (Lipinski definition) is 1. The third-order valence-corrected chi connectivity index (χ3v) is 6.21. The molecule has 6 nitrogen and oxygen atoms in total. The highest BCUT2D eigenvalue weighted by Crippen LogP contribution is 2.39. The minimum Gasteiger partial charge on any atom is -0.312 e. The number of nitrogens with zero attached hydrogens (tertiary/aromatic N) is 1. The van der Waals surface area contributed by atoms with Crippen LogP contribution in [0.2, 0.25) is 0 Å².